The molecule has 2 amide bonds. The second-order valence-corrected chi connectivity index (χ2v) is 6.36. The van der Waals surface area contributed by atoms with E-state index in [1.165, 1.54) is 0 Å². The first-order chi connectivity index (χ1) is 10.4. The smallest absolute Gasteiger partial charge is 0.240 e. The number of benzene rings is 1. The zero-order valence-electron chi connectivity index (χ0n) is 13.8. The molecular weight excluding hydrogens is 278 g/mol. The van der Waals surface area contributed by atoms with E-state index in [0.29, 0.717) is 19.4 Å². The molecule has 1 aromatic carbocycles. The molecule has 0 saturated heterocycles. The van der Waals surface area contributed by atoms with Crippen molar-refractivity contribution in [3.05, 3.63) is 29.3 Å². The largest absolute Gasteiger partial charge is 0.354 e. The highest BCUT2D eigenvalue weighted by atomic mass is 16.2. The van der Waals surface area contributed by atoms with Crippen molar-refractivity contribution in [3.63, 3.8) is 0 Å². The Morgan fingerprint density at radius 3 is 2.23 bits per heavy atom. The maximum absolute atomic E-state index is 12.6. The summed E-state index contributed by atoms with van der Waals surface area (Å²) in [5.41, 5.74) is 1.97. The summed E-state index contributed by atoms with van der Waals surface area (Å²) in [6.45, 7) is 5.24. The lowest BCUT2D eigenvalue weighted by Gasteiger charge is -2.18. The molecule has 2 rings (SSSR count). The van der Waals surface area contributed by atoms with Gasteiger partial charge in [0.15, 0.2) is 0 Å². The number of hydrogen-bond acceptors (Lipinski definition) is 3. The maximum atomic E-state index is 12.6. The minimum absolute atomic E-state index is 0.155. The standard InChI is InChI=1S/C17H25N3O2/c1-12-6-5-7-13(2)14(12)19-16(22)17(8-9-17)15(21)18-10-11-20(3)4/h5-7H,8-11H2,1-4H3,(H,18,21)(H,19,22). The van der Waals surface area contributed by atoms with Crippen LogP contribution < -0.4 is 10.6 Å². The van der Waals surface area contributed by atoms with Crippen molar-refractivity contribution >= 4 is 17.5 Å². The van der Waals surface area contributed by atoms with Crippen molar-refractivity contribution in [3.8, 4) is 0 Å². The number of carbonyl (C=O) groups excluding carboxylic acids is 2. The van der Waals surface area contributed by atoms with Crippen LogP contribution in [-0.2, 0) is 9.59 Å². The predicted octanol–water partition coefficient (Wildman–Crippen LogP) is 1.70. The summed E-state index contributed by atoms with van der Waals surface area (Å²) in [4.78, 5) is 26.9. The SMILES string of the molecule is Cc1cccc(C)c1NC(=O)C1(C(=O)NCCN(C)C)CC1. The number of rotatable bonds is 6. The summed E-state index contributed by atoms with van der Waals surface area (Å²) in [6, 6.07) is 5.87. The second-order valence-electron chi connectivity index (χ2n) is 6.36. The quantitative estimate of drug-likeness (QED) is 0.786. The minimum Gasteiger partial charge on any atom is -0.354 e. The molecule has 1 aliphatic rings. The molecule has 0 aliphatic heterocycles. The number of nitrogens with zero attached hydrogens (tertiary/aromatic N) is 1. The predicted molar refractivity (Wildman–Crippen MR) is 87.8 cm³/mol. The number of aryl methyl sites for hydroxylation is 2. The molecule has 22 heavy (non-hydrogen) atoms. The molecule has 0 bridgehead atoms. The van der Waals surface area contributed by atoms with Crippen molar-refractivity contribution in [1.29, 1.82) is 0 Å². The molecule has 2 N–H and O–H groups in total. The summed E-state index contributed by atoms with van der Waals surface area (Å²) in [6.07, 6.45) is 1.25. The highest BCUT2D eigenvalue weighted by molar-refractivity contribution is 6.13. The molecule has 0 atom stereocenters. The molecule has 0 spiro atoms. The molecule has 1 fully saturated rings. The van der Waals surface area contributed by atoms with E-state index >= 15 is 0 Å². The van der Waals surface area contributed by atoms with Gasteiger partial charge >= 0.3 is 0 Å². The Morgan fingerprint density at radius 2 is 1.73 bits per heavy atom. The number of nitrogens with one attached hydrogen (secondary N) is 2. The van der Waals surface area contributed by atoms with Crippen LogP contribution in [0.1, 0.15) is 24.0 Å². The third-order valence-electron chi connectivity index (χ3n) is 4.18. The normalized spacial score (nSPS) is 15.5. The monoisotopic (exact) mass is 303 g/mol. The second kappa shape index (κ2) is 6.48. The summed E-state index contributed by atoms with van der Waals surface area (Å²) < 4.78 is 0. The van der Waals surface area contributed by atoms with Crippen molar-refractivity contribution in [2.24, 2.45) is 5.41 Å². The number of hydrogen-bond donors (Lipinski definition) is 2. The Bertz CT molecular complexity index is 557. The van der Waals surface area contributed by atoms with Crippen molar-refractivity contribution < 1.29 is 9.59 Å². The van der Waals surface area contributed by atoms with E-state index in [0.717, 1.165) is 23.4 Å². The number of amides is 2. The van der Waals surface area contributed by atoms with Gasteiger partial charge in [0.25, 0.3) is 0 Å². The number of anilines is 1. The summed E-state index contributed by atoms with van der Waals surface area (Å²) in [5, 5.41) is 5.82. The van der Waals surface area contributed by atoms with E-state index in [1.807, 2.05) is 51.0 Å². The summed E-state index contributed by atoms with van der Waals surface area (Å²) >= 11 is 0. The van der Waals surface area contributed by atoms with Gasteiger partial charge in [-0.05, 0) is 51.9 Å². The number of likely N-dealkylation sites (N-methyl/N-ethyl adjacent to an activating group) is 1. The number of para-hydroxylation sites is 1. The molecular formula is C17H25N3O2. The van der Waals surface area contributed by atoms with Gasteiger partial charge in [0.1, 0.15) is 5.41 Å². The van der Waals surface area contributed by atoms with Crippen LogP contribution in [-0.4, -0.2) is 43.9 Å². The van der Waals surface area contributed by atoms with Gasteiger partial charge in [-0.2, -0.15) is 0 Å². The molecule has 5 heteroatoms. The van der Waals surface area contributed by atoms with Crippen LogP contribution in [0, 0.1) is 19.3 Å². The first-order valence-corrected chi connectivity index (χ1v) is 7.67. The molecule has 1 aliphatic carbocycles. The van der Waals surface area contributed by atoms with Crippen LogP contribution in [0.2, 0.25) is 0 Å². The third kappa shape index (κ3) is 3.47. The fraction of sp³-hybridized carbons (Fsp3) is 0.529. The third-order valence-corrected chi connectivity index (χ3v) is 4.18. The zero-order chi connectivity index (χ0) is 16.3. The van der Waals surface area contributed by atoms with E-state index < -0.39 is 5.41 Å². The molecule has 0 heterocycles. The Balaban J connectivity index is 2.01. The van der Waals surface area contributed by atoms with E-state index in [2.05, 4.69) is 10.6 Å². The lowest BCUT2D eigenvalue weighted by atomic mass is 10.0. The molecule has 0 unspecified atom stereocenters. The summed E-state index contributed by atoms with van der Waals surface area (Å²) in [7, 11) is 3.90. The van der Waals surface area contributed by atoms with E-state index in [1.54, 1.807) is 0 Å². The zero-order valence-corrected chi connectivity index (χ0v) is 13.8. The lowest BCUT2D eigenvalue weighted by Crippen LogP contribution is -2.42. The Labute approximate surface area is 132 Å². The van der Waals surface area contributed by atoms with Crippen molar-refractivity contribution in [2.45, 2.75) is 26.7 Å². The fourth-order valence-corrected chi connectivity index (χ4v) is 2.49. The molecule has 5 nitrogen and oxygen atoms in total. The van der Waals surface area contributed by atoms with Gasteiger partial charge in [0.05, 0.1) is 0 Å². The van der Waals surface area contributed by atoms with Gasteiger partial charge < -0.3 is 15.5 Å². The van der Waals surface area contributed by atoms with Crippen LogP contribution in [0.25, 0.3) is 0 Å². The van der Waals surface area contributed by atoms with Gasteiger partial charge in [-0.25, -0.2) is 0 Å². The first-order valence-electron chi connectivity index (χ1n) is 7.67. The Kier molecular flexibility index (Phi) is 4.86. The highest BCUT2D eigenvalue weighted by Gasteiger charge is 2.56. The van der Waals surface area contributed by atoms with Gasteiger partial charge in [0.2, 0.25) is 11.8 Å². The summed E-state index contributed by atoms with van der Waals surface area (Å²) in [5.74, 6) is -0.342. The Morgan fingerprint density at radius 1 is 1.14 bits per heavy atom. The topological polar surface area (TPSA) is 61.4 Å². The molecule has 1 aromatic rings. The molecule has 0 radical (unpaired) electrons. The van der Waals surface area contributed by atoms with Crippen molar-refractivity contribution in [1.82, 2.24) is 10.2 Å². The molecule has 120 valence electrons. The van der Waals surface area contributed by atoms with Crippen LogP contribution in [0.3, 0.4) is 0 Å². The highest BCUT2D eigenvalue weighted by Crippen LogP contribution is 2.47. The fourth-order valence-electron chi connectivity index (χ4n) is 2.49. The van der Waals surface area contributed by atoms with Crippen LogP contribution in [0.5, 0.6) is 0 Å². The minimum atomic E-state index is -0.874. The van der Waals surface area contributed by atoms with Crippen LogP contribution >= 0.6 is 0 Å². The Hall–Kier alpha value is -1.88. The van der Waals surface area contributed by atoms with Gasteiger partial charge in [-0.15, -0.1) is 0 Å². The van der Waals surface area contributed by atoms with Crippen LogP contribution in [0.15, 0.2) is 18.2 Å². The van der Waals surface area contributed by atoms with E-state index in [4.69, 9.17) is 0 Å². The van der Waals surface area contributed by atoms with E-state index in [-0.39, 0.29) is 11.8 Å². The van der Waals surface area contributed by atoms with Gasteiger partial charge in [-0.3, -0.25) is 9.59 Å². The van der Waals surface area contributed by atoms with E-state index in [9.17, 15) is 9.59 Å². The van der Waals surface area contributed by atoms with Crippen molar-refractivity contribution in [2.75, 3.05) is 32.5 Å². The molecule has 1 saturated carbocycles. The van der Waals surface area contributed by atoms with Gasteiger partial charge in [0, 0.05) is 18.8 Å². The maximum Gasteiger partial charge on any atom is 0.240 e. The average molecular weight is 303 g/mol. The molecule has 0 aromatic heterocycles. The van der Waals surface area contributed by atoms with Crippen LogP contribution in [0.4, 0.5) is 5.69 Å². The lowest BCUT2D eigenvalue weighted by molar-refractivity contribution is -0.134. The number of carbonyl (C=O) groups is 2. The van der Waals surface area contributed by atoms with Gasteiger partial charge in [-0.1, -0.05) is 18.2 Å². The first kappa shape index (κ1) is 16.5. The average Bonchev–Trinajstić information content (AvgIpc) is 3.24.